The van der Waals surface area contributed by atoms with Gasteiger partial charge in [-0.15, -0.1) is 0 Å². The summed E-state index contributed by atoms with van der Waals surface area (Å²) in [7, 11) is 15.0. The number of methoxy groups -OCH3 is 2. The maximum absolute atomic E-state index is 13.0. The summed E-state index contributed by atoms with van der Waals surface area (Å²) in [5, 5.41) is -0.291. The number of benzene rings is 1. The van der Waals surface area contributed by atoms with Gasteiger partial charge in [-0.05, 0) is 53.3 Å². The lowest BCUT2D eigenvalue weighted by molar-refractivity contribution is -0.163. The summed E-state index contributed by atoms with van der Waals surface area (Å²) in [6, 6.07) is 3.67. The number of nitrogens with zero attached hydrogens (tertiary/aromatic N) is 1. The minimum atomic E-state index is -0.612. The van der Waals surface area contributed by atoms with Crippen molar-refractivity contribution in [3.63, 3.8) is 0 Å². The van der Waals surface area contributed by atoms with Crippen molar-refractivity contribution < 1.29 is 19.0 Å². The smallest absolute Gasteiger partial charge is 0.323 e. The van der Waals surface area contributed by atoms with Crippen molar-refractivity contribution in [3.8, 4) is 11.5 Å². The van der Waals surface area contributed by atoms with Crippen LogP contribution in [0.15, 0.2) is 12.1 Å². The highest BCUT2D eigenvalue weighted by Crippen LogP contribution is 2.54. The third-order valence-electron chi connectivity index (χ3n) is 9.15. The number of carbonyl (C=O) groups excluding carboxylic acids is 1. The first-order valence-corrected chi connectivity index (χ1v) is 13.1. The van der Waals surface area contributed by atoms with Crippen molar-refractivity contribution in [2.24, 2.45) is 23.5 Å². The van der Waals surface area contributed by atoms with Gasteiger partial charge >= 0.3 is 5.97 Å². The van der Waals surface area contributed by atoms with Gasteiger partial charge in [0.1, 0.15) is 51.4 Å². The molecule has 2 heterocycles. The van der Waals surface area contributed by atoms with Crippen LogP contribution in [0.5, 0.6) is 11.5 Å². The highest BCUT2D eigenvalue weighted by molar-refractivity contribution is 6.55. The highest BCUT2D eigenvalue weighted by Gasteiger charge is 2.59. The second kappa shape index (κ2) is 9.77. The molecule has 0 radical (unpaired) electrons. The number of nitrogens with two attached hydrogens (primary N) is 1. The van der Waals surface area contributed by atoms with E-state index in [0.717, 1.165) is 24.5 Å². The van der Waals surface area contributed by atoms with Crippen LogP contribution in [0, 0.1) is 17.8 Å². The minimum absolute atomic E-state index is 0.0357. The fourth-order valence-electron chi connectivity index (χ4n) is 6.30. The summed E-state index contributed by atoms with van der Waals surface area (Å²) >= 11 is 0. The fraction of sp³-hybridized carbons (Fsp3) is 0.708. The van der Waals surface area contributed by atoms with E-state index in [4.69, 9.17) is 19.9 Å². The van der Waals surface area contributed by atoms with Crippen LogP contribution in [0.3, 0.4) is 0 Å². The van der Waals surface area contributed by atoms with Crippen LogP contribution in [0.1, 0.15) is 51.7 Å². The number of piperidine rings is 1. The van der Waals surface area contributed by atoms with Crippen LogP contribution in [0.4, 0.5) is 0 Å². The maximum atomic E-state index is 13.0. The van der Waals surface area contributed by atoms with Gasteiger partial charge in [-0.3, -0.25) is 4.79 Å². The van der Waals surface area contributed by atoms with Gasteiger partial charge in [-0.25, -0.2) is 0 Å². The van der Waals surface area contributed by atoms with Gasteiger partial charge in [0, 0.05) is 17.9 Å². The Bertz CT molecular complexity index is 958. The molecule has 0 saturated carbocycles. The summed E-state index contributed by atoms with van der Waals surface area (Å²) in [5.41, 5.74) is 8.33. The van der Waals surface area contributed by atoms with Gasteiger partial charge in [0.25, 0.3) is 0 Å². The summed E-state index contributed by atoms with van der Waals surface area (Å²) in [6.07, 6.45) is 1.51. The number of rotatable bonds is 7. The number of carbonyl (C=O) groups is 1. The molecule has 1 fully saturated rings. The molecule has 35 heavy (non-hydrogen) atoms. The van der Waals surface area contributed by atoms with Crippen molar-refractivity contribution >= 4 is 45.2 Å². The van der Waals surface area contributed by atoms with E-state index >= 15 is 0 Å². The molecule has 2 N–H and O–H groups in total. The lowest BCUT2D eigenvalue weighted by Crippen LogP contribution is -2.76. The van der Waals surface area contributed by atoms with Crippen LogP contribution in [0.25, 0.3) is 0 Å². The molecule has 1 aromatic rings. The van der Waals surface area contributed by atoms with Crippen molar-refractivity contribution in [3.05, 3.63) is 23.3 Å². The topological polar surface area (TPSA) is 74.0 Å². The molecule has 11 heteroatoms. The largest absolute Gasteiger partial charge is 0.493 e. The number of esters is 1. The Balaban J connectivity index is 2.16. The molecule has 1 saturated heterocycles. The Labute approximate surface area is 216 Å². The third-order valence-corrected chi connectivity index (χ3v) is 9.15. The Morgan fingerprint density at radius 2 is 1.60 bits per heavy atom. The van der Waals surface area contributed by atoms with Crippen LogP contribution in [-0.2, 0) is 20.2 Å². The van der Waals surface area contributed by atoms with E-state index in [1.807, 2.05) is 13.8 Å². The van der Waals surface area contributed by atoms with Crippen molar-refractivity contribution in [2.75, 3.05) is 20.8 Å². The minimum Gasteiger partial charge on any atom is -0.493 e. The van der Waals surface area contributed by atoms with Crippen LogP contribution in [-0.4, -0.2) is 88.3 Å². The molecule has 6 nitrogen and oxygen atoms in total. The van der Waals surface area contributed by atoms with Crippen LogP contribution in [0.2, 0.25) is 0 Å². The molecule has 0 aliphatic carbocycles. The standard InChI is InChI=1S/C24H43B5N2O4/c1-12(2)7-14-11-31-22(25,10-19(14)35-21(32)20(30)13(3)4)15-8-17(33-5)18(34-6)9-16(15)23(26,27)24(31,28)29/h8-9,12-14,19-20H,7,10-11,25-30H2,1-6H3/t14?,19?,20-,22?/m0/s1. The first kappa shape index (κ1) is 28.1. The van der Waals surface area contributed by atoms with Gasteiger partial charge in [-0.2, -0.15) is 0 Å². The summed E-state index contributed by atoms with van der Waals surface area (Å²) in [5.74, 6) is 1.95. The zero-order chi connectivity index (χ0) is 26.5. The molecule has 4 atom stereocenters. The predicted octanol–water partition coefficient (Wildman–Crippen LogP) is -1.89. The van der Waals surface area contributed by atoms with Gasteiger partial charge in [0.05, 0.1) is 14.2 Å². The first-order chi connectivity index (χ1) is 16.1. The van der Waals surface area contributed by atoms with E-state index in [9.17, 15) is 4.79 Å². The monoisotopic (exact) mass is 478 g/mol. The summed E-state index contributed by atoms with van der Waals surface area (Å²) < 4.78 is 17.7. The molecule has 0 aromatic heterocycles. The zero-order valence-electron chi connectivity index (χ0n) is 23.8. The number of ether oxygens (including phenoxy) is 3. The summed E-state index contributed by atoms with van der Waals surface area (Å²) in [6.45, 7) is 9.26. The van der Waals surface area contributed by atoms with Crippen LogP contribution >= 0.6 is 0 Å². The average molecular weight is 478 g/mol. The zero-order valence-corrected chi connectivity index (χ0v) is 23.8. The molecule has 0 amide bonds. The van der Waals surface area contributed by atoms with E-state index in [0.29, 0.717) is 12.3 Å². The molecule has 3 unspecified atom stereocenters. The van der Waals surface area contributed by atoms with Crippen molar-refractivity contribution in [2.45, 2.75) is 68.7 Å². The number of fused-ring (bicyclic) bond motifs is 3. The predicted molar refractivity (Wildman–Crippen MR) is 155 cm³/mol. The van der Waals surface area contributed by atoms with E-state index in [2.05, 4.69) is 70.1 Å². The number of hydrogen-bond donors (Lipinski definition) is 1. The fourth-order valence-corrected chi connectivity index (χ4v) is 6.30. The van der Waals surface area contributed by atoms with Gasteiger partial charge in [-0.1, -0.05) is 32.9 Å². The van der Waals surface area contributed by atoms with Crippen LogP contribution < -0.4 is 15.2 Å². The normalized spacial score (nSPS) is 28.1. The maximum Gasteiger partial charge on any atom is 0.323 e. The van der Waals surface area contributed by atoms with E-state index in [-0.39, 0.29) is 39.9 Å². The molecule has 1 aromatic carbocycles. The molecule has 0 bridgehead atoms. The average Bonchev–Trinajstić information content (AvgIpc) is 2.77. The number of hydrogen-bond acceptors (Lipinski definition) is 6. The molecule has 188 valence electrons. The lowest BCUT2D eigenvalue weighted by atomic mass is 9.28. The molecular formula is C24H43B5N2O4. The molecule has 2 aliphatic heterocycles. The SMILES string of the molecule is BC12CC(OC(=O)[C@@H](N)C(C)C)C(CC(C)C)CN1C(B)(B)C(B)(B)c1cc(OC)c(OC)cc12. The second-order valence-corrected chi connectivity index (χ2v) is 12.7. The van der Waals surface area contributed by atoms with Gasteiger partial charge < -0.3 is 24.8 Å². The van der Waals surface area contributed by atoms with Gasteiger partial charge in [0.15, 0.2) is 11.5 Å². The summed E-state index contributed by atoms with van der Waals surface area (Å²) in [4.78, 5) is 15.7. The lowest BCUT2D eigenvalue weighted by Gasteiger charge is -2.66. The Hall–Kier alpha value is -1.47. The second-order valence-electron chi connectivity index (χ2n) is 12.7. The van der Waals surface area contributed by atoms with E-state index in [1.165, 1.54) is 11.1 Å². The Kier molecular flexibility index (Phi) is 7.85. The molecule has 3 rings (SSSR count). The first-order valence-electron chi connectivity index (χ1n) is 13.1. The van der Waals surface area contributed by atoms with Crippen molar-refractivity contribution in [1.82, 2.24) is 4.90 Å². The highest BCUT2D eigenvalue weighted by atomic mass is 16.5. The van der Waals surface area contributed by atoms with E-state index < -0.39 is 6.04 Å². The Morgan fingerprint density at radius 1 is 1.06 bits per heavy atom. The molecule has 2 aliphatic rings. The van der Waals surface area contributed by atoms with E-state index in [1.54, 1.807) is 14.2 Å². The van der Waals surface area contributed by atoms with Crippen molar-refractivity contribution in [1.29, 1.82) is 0 Å². The molecular weight excluding hydrogens is 434 g/mol. The quantitative estimate of drug-likeness (QED) is 0.366. The van der Waals surface area contributed by atoms with Gasteiger partial charge in [0.2, 0.25) is 0 Å². The third kappa shape index (κ3) is 4.68. The molecule has 0 spiro atoms. The Morgan fingerprint density at radius 3 is 2.09 bits per heavy atom.